The number of aromatic nitrogens is 2. The van der Waals surface area contributed by atoms with Crippen LogP contribution >= 0.6 is 11.6 Å². The average molecular weight is 401 g/mol. The van der Waals surface area contributed by atoms with Crippen molar-refractivity contribution >= 4 is 17.3 Å². The second-order valence-corrected chi connectivity index (χ2v) is 7.08. The Kier molecular flexibility index (Phi) is 5.48. The fourth-order valence-electron chi connectivity index (χ4n) is 3.41. The van der Waals surface area contributed by atoms with E-state index in [0.717, 1.165) is 6.07 Å². The van der Waals surface area contributed by atoms with Crippen LogP contribution in [0, 0.1) is 0 Å². The highest BCUT2D eigenvalue weighted by Gasteiger charge is 2.34. The van der Waals surface area contributed by atoms with Crippen LogP contribution < -0.4 is 10.5 Å². The van der Waals surface area contributed by atoms with Crippen molar-refractivity contribution in [2.24, 2.45) is 7.05 Å². The zero-order chi connectivity index (χ0) is 19.8. The standard InChI is InChI=1S/C18H20ClF3N4O/c1-12-10-25(11-13-5-3-4-6-14(13)18(20,21)22)7-8-26(12)15-9-23-24(2)17(27)16(15)19/h3-6,9,12H,7-8,10-11H2,1-2H3/t12-/m1/s1. The molecule has 146 valence electrons. The van der Waals surface area contributed by atoms with Gasteiger partial charge in [-0.25, -0.2) is 4.68 Å². The topological polar surface area (TPSA) is 41.4 Å². The molecule has 0 saturated carbocycles. The van der Waals surface area contributed by atoms with E-state index in [4.69, 9.17) is 11.6 Å². The summed E-state index contributed by atoms with van der Waals surface area (Å²) in [5, 5.41) is 4.12. The minimum atomic E-state index is -4.37. The van der Waals surface area contributed by atoms with E-state index in [1.165, 1.54) is 23.9 Å². The molecule has 0 radical (unpaired) electrons. The molecule has 0 unspecified atom stereocenters. The number of benzene rings is 1. The number of halogens is 4. The van der Waals surface area contributed by atoms with Gasteiger partial charge in [-0.1, -0.05) is 29.8 Å². The smallest absolute Gasteiger partial charge is 0.364 e. The summed E-state index contributed by atoms with van der Waals surface area (Å²) in [6.45, 7) is 3.83. The lowest BCUT2D eigenvalue weighted by Crippen LogP contribution is -2.52. The van der Waals surface area contributed by atoms with Crippen molar-refractivity contribution in [1.29, 1.82) is 0 Å². The fraction of sp³-hybridized carbons (Fsp3) is 0.444. The molecule has 0 amide bonds. The van der Waals surface area contributed by atoms with E-state index in [1.54, 1.807) is 12.3 Å². The van der Waals surface area contributed by atoms with Gasteiger partial charge in [0.2, 0.25) is 0 Å². The molecule has 2 aromatic rings. The first kappa shape index (κ1) is 19.7. The van der Waals surface area contributed by atoms with E-state index in [1.807, 2.05) is 16.7 Å². The van der Waals surface area contributed by atoms with E-state index < -0.39 is 11.7 Å². The van der Waals surface area contributed by atoms with Gasteiger partial charge in [0.1, 0.15) is 5.02 Å². The summed E-state index contributed by atoms with van der Waals surface area (Å²) in [7, 11) is 1.53. The van der Waals surface area contributed by atoms with Gasteiger partial charge in [0, 0.05) is 39.3 Å². The molecule has 1 aromatic heterocycles. The summed E-state index contributed by atoms with van der Waals surface area (Å²) < 4.78 is 40.8. The first-order valence-corrected chi connectivity index (χ1v) is 8.92. The normalized spacial score (nSPS) is 18.7. The van der Waals surface area contributed by atoms with Crippen LogP contribution in [0.4, 0.5) is 18.9 Å². The van der Waals surface area contributed by atoms with Crippen LogP contribution in [0.1, 0.15) is 18.1 Å². The number of rotatable bonds is 3. The molecule has 1 aromatic carbocycles. The number of hydrogen-bond acceptors (Lipinski definition) is 4. The maximum Gasteiger partial charge on any atom is 0.416 e. The second-order valence-electron chi connectivity index (χ2n) is 6.70. The Balaban J connectivity index is 1.75. The summed E-state index contributed by atoms with van der Waals surface area (Å²) in [5.74, 6) is 0. The molecular formula is C18H20ClF3N4O. The molecule has 0 aliphatic carbocycles. The van der Waals surface area contributed by atoms with Gasteiger partial charge < -0.3 is 4.90 Å². The zero-order valence-corrected chi connectivity index (χ0v) is 15.8. The molecule has 0 spiro atoms. The van der Waals surface area contributed by atoms with Gasteiger partial charge in [-0.05, 0) is 18.6 Å². The molecule has 9 heteroatoms. The molecule has 3 rings (SSSR count). The minimum absolute atomic E-state index is 0.0248. The monoisotopic (exact) mass is 400 g/mol. The number of aryl methyl sites for hydroxylation is 1. The first-order chi connectivity index (χ1) is 12.7. The molecule has 27 heavy (non-hydrogen) atoms. The third kappa shape index (κ3) is 4.11. The quantitative estimate of drug-likeness (QED) is 0.793. The highest BCUT2D eigenvalue weighted by molar-refractivity contribution is 6.33. The third-order valence-corrected chi connectivity index (χ3v) is 5.15. The van der Waals surface area contributed by atoms with Crippen molar-refractivity contribution in [3.05, 3.63) is 57.0 Å². The number of nitrogens with zero attached hydrogens (tertiary/aromatic N) is 4. The zero-order valence-electron chi connectivity index (χ0n) is 15.0. The fourth-order valence-corrected chi connectivity index (χ4v) is 3.69. The second kappa shape index (κ2) is 7.52. The van der Waals surface area contributed by atoms with Crippen LogP contribution in [0.2, 0.25) is 5.02 Å². The Hall–Kier alpha value is -2.06. The van der Waals surface area contributed by atoms with Gasteiger partial charge in [0.05, 0.1) is 17.4 Å². The molecule has 0 bridgehead atoms. The Morgan fingerprint density at radius 2 is 1.96 bits per heavy atom. The van der Waals surface area contributed by atoms with E-state index >= 15 is 0 Å². The van der Waals surface area contributed by atoms with Crippen molar-refractivity contribution in [2.75, 3.05) is 24.5 Å². The van der Waals surface area contributed by atoms with Crippen molar-refractivity contribution in [3.8, 4) is 0 Å². The lowest BCUT2D eigenvalue weighted by Gasteiger charge is -2.41. The van der Waals surface area contributed by atoms with Crippen LogP contribution in [-0.2, 0) is 19.8 Å². The summed E-state index contributed by atoms with van der Waals surface area (Å²) >= 11 is 6.18. The van der Waals surface area contributed by atoms with Gasteiger partial charge in [-0.15, -0.1) is 0 Å². The Bertz CT molecular complexity index is 884. The number of piperazine rings is 1. The van der Waals surface area contributed by atoms with Crippen molar-refractivity contribution < 1.29 is 13.2 Å². The van der Waals surface area contributed by atoms with Crippen LogP contribution in [0.3, 0.4) is 0 Å². The van der Waals surface area contributed by atoms with E-state index in [9.17, 15) is 18.0 Å². The molecule has 5 nitrogen and oxygen atoms in total. The van der Waals surface area contributed by atoms with Gasteiger partial charge in [0.25, 0.3) is 5.56 Å². The van der Waals surface area contributed by atoms with E-state index in [-0.39, 0.29) is 28.7 Å². The lowest BCUT2D eigenvalue weighted by molar-refractivity contribution is -0.138. The Morgan fingerprint density at radius 3 is 2.63 bits per heavy atom. The summed E-state index contributed by atoms with van der Waals surface area (Å²) in [6.07, 6.45) is -2.82. The van der Waals surface area contributed by atoms with Crippen LogP contribution in [0.5, 0.6) is 0 Å². The van der Waals surface area contributed by atoms with Gasteiger partial charge in [-0.2, -0.15) is 18.3 Å². The average Bonchev–Trinajstić information content (AvgIpc) is 2.60. The summed E-state index contributed by atoms with van der Waals surface area (Å²) in [6, 6.07) is 5.62. The number of alkyl halides is 3. The van der Waals surface area contributed by atoms with E-state index in [0.29, 0.717) is 25.3 Å². The molecule has 1 atom stereocenters. The minimum Gasteiger partial charge on any atom is -0.364 e. The molecule has 0 N–H and O–H groups in total. The SMILES string of the molecule is C[C@@H]1CN(Cc2ccccc2C(F)(F)F)CCN1c1cnn(C)c(=O)c1Cl. The molecule has 1 aliphatic heterocycles. The maximum atomic E-state index is 13.2. The molecular weight excluding hydrogens is 381 g/mol. The molecule has 1 fully saturated rings. The van der Waals surface area contributed by atoms with Crippen LogP contribution in [0.15, 0.2) is 35.3 Å². The summed E-state index contributed by atoms with van der Waals surface area (Å²) in [4.78, 5) is 16.0. The summed E-state index contributed by atoms with van der Waals surface area (Å²) in [5.41, 5.74) is -0.150. The van der Waals surface area contributed by atoms with Crippen molar-refractivity contribution in [2.45, 2.75) is 25.7 Å². The molecule has 1 aliphatic rings. The van der Waals surface area contributed by atoms with Crippen molar-refractivity contribution in [1.82, 2.24) is 14.7 Å². The first-order valence-electron chi connectivity index (χ1n) is 8.54. The van der Waals surface area contributed by atoms with Gasteiger partial charge >= 0.3 is 6.18 Å². The number of hydrogen-bond donors (Lipinski definition) is 0. The van der Waals surface area contributed by atoms with E-state index in [2.05, 4.69) is 5.10 Å². The molecule has 2 heterocycles. The van der Waals surface area contributed by atoms with Crippen molar-refractivity contribution in [3.63, 3.8) is 0 Å². The Morgan fingerprint density at radius 1 is 1.26 bits per heavy atom. The molecule has 1 saturated heterocycles. The highest BCUT2D eigenvalue weighted by Crippen LogP contribution is 2.33. The van der Waals surface area contributed by atoms with Gasteiger partial charge in [0.15, 0.2) is 0 Å². The Labute approximate surface area is 160 Å². The van der Waals surface area contributed by atoms with Crippen LogP contribution in [0.25, 0.3) is 0 Å². The third-order valence-electron chi connectivity index (χ3n) is 4.80. The van der Waals surface area contributed by atoms with Crippen LogP contribution in [-0.4, -0.2) is 40.4 Å². The maximum absolute atomic E-state index is 13.2. The predicted molar refractivity (Wildman–Crippen MR) is 98.0 cm³/mol. The predicted octanol–water partition coefficient (Wildman–Crippen LogP) is 3.16. The number of anilines is 1. The van der Waals surface area contributed by atoms with Gasteiger partial charge in [-0.3, -0.25) is 9.69 Å². The lowest BCUT2D eigenvalue weighted by atomic mass is 10.1. The highest BCUT2D eigenvalue weighted by atomic mass is 35.5. The largest absolute Gasteiger partial charge is 0.416 e.